The highest BCUT2D eigenvalue weighted by Crippen LogP contribution is 2.21. The van der Waals surface area contributed by atoms with Crippen molar-refractivity contribution in [1.82, 2.24) is 0 Å². The molecule has 1 heterocycles. The molecule has 4 nitrogen and oxygen atoms in total. The Kier molecular flexibility index (Phi) is 2.05. The molecule has 4 heteroatoms. The number of ketones is 1. The van der Waals surface area contributed by atoms with Crippen molar-refractivity contribution in [3.8, 4) is 0 Å². The largest absolute Gasteiger partial charge is 0.383 e. The lowest BCUT2D eigenvalue weighted by molar-refractivity contribution is -0.123. The molecule has 1 aromatic carbocycles. The van der Waals surface area contributed by atoms with Gasteiger partial charge in [0.15, 0.2) is 5.78 Å². The van der Waals surface area contributed by atoms with Crippen molar-refractivity contribution in [2.24, 2.45) is 0 Å². The fraction of sp³-hybridized carbons (Fsp3) is 0.200. The number of aliphatic hydroxyl groups excluding tert-OH is 1. The van der Waals surface area contributed by atoms with Gasteiger partial charge in [0.05, 0.1) is 5.69 Å². The van der Waals surface area contributed by atoms with Crippen LogP contribution in [-0.2, 0) is 4.79 Å². The molecule has 14 heavy (non-hydrogen) atoms. The topological polar surface area (TPSA) is 66.4 Å². The van der Waals surface area contributed by atoms with Crippen molar-refractivity contribution >= 4 is 17.4 Å². The molecule has 2 rings (SSSR count). The van der Waals surface area contributed by atoms with Crippen molar-refractivity contribution in [2.45, 2.75) is 12.5 Å². The number of rotatable bonds is 0. The summed E-state index contributed by atoms with van der Waals surface area (Å²) in [6, 6.07) is 6.73. The maximum atomic E-state index is 11.5. The molecule has 0 radical (unpaired) electrons. The number of benzene rings is 1. The maximum Gasteiger partial charge on any atom is 0.253 e. The van der Waals surface area contributed by atoms with E-state index in [1.807, 2.05) is 0 Å². The standard InChI is InChI=1S/C10H9NO3/c12-8-5-9(13)10(14)11-7-4-2-1-3-6(7)8/h1-4,9,13H,5H2,(H,11,14). The van der Waals surface area contributed by atoms with E-state index in [1.54, 1.807) is 24.3 Å². The highest BCUT2D eigenvalue weighted by molar-refractivity contribution is 6.10. The Morgan fingerprint density at radius 3 is 2.79 bits per heavy atom. The molecule has 0 fully saturated rings. The fourth-order valence-electron chi connectivity index (χ4n) is 1.43. The fourth-order valence-corrected chi connectivity index (χ4v) is 1.43. The van der Waals surface area contributed by atoms with Crippen molar-refractivity contribution in [1.29, 1.82) is 0 Å². The van der Waals surface area contributed by atoms with Crippen molar-refractivity contribution < 1.29 is 14.7 Å². The molecule has 1 aromatic rings. The third-order valence-electron chi connectivity index (χ3n) is 2.17. The van der Waals surface area contributed by atoms with Crippen LogP contribution in [0.2, 0.25) is 0 Å². The zero-order valence-electron chi connectivity index (χ0n) is 7.36. The zero-order chi connectivity index (χ0) is 10.1. The summed E-state index contributed by atoms with van der Waals surface area (Å²) in [5, 5.41) is 11.8. The van der Waals surface area contributed by atoms with Gasteiger partial charge in [0.25, 0.3) is 5.91 Å². The lowest BCUT2D eigenvalue weighted by Crippen LogP contribution is -2.26. The number of anilines is 1. The lowest BCUT2D eigenvalue weighted by atomic mass is 10.1. The van der Waals surface area contributed by atoms with Gasteiger partial charge in [-0.1, -0.05) is 12.1 Å². The SMILES string of the molecule is O=C1CC(O)C(=O)Nc2ccccc21. The summed E-state index contributed by atoms with van der Waals surface area (Å²) < 4.78 is 0. The van der Waals surface area contributed by atoms with E-state index < -0.39 is 12.0 Å². The Labute approximate surface area is 80.6 Å². The highest BCUT2D eigenvalue weighted by Gasteiger charge is 2.26. The number of hydrogen-bond acceptors (Lipinski definition) is 3. The number of carbonyl (C=O) groups is 2. The van der Waals surface area contributed by atoms with Crippen LogP contribution in [0.5, 0.6) is 0 Å². The summed E-state index contributed by atoms with van der Waals surface area (Å²) in [4.78, 5) is 22.7. The van der Waals surface area contributed by atoms with Crippen LogP contribution >= 0.6 is 0 Å². The van der Waals surface area contributed by atoms with Gasteiger partial charge in [-0.3, -0.25) is 9.59 Å². The molecule has 1 aliphatic rings. The Balaban J connectivity index is 2.48. The monoisotopic (exact) mass is 191 g/mol. The number of nitrogens with one attached hydrogen (secondary N) is 1. The summed E-state index contributed by atoms with van der Waals surface area (Å²) in [6.07, 6.45) is -1.39. The van der Waals surface area contributed by atoms with Gasteiger partial charge in [0.1, 0.15) is 6.10 Å². The third kappa shape index (κ3) is 1.40. The number of amides is 1. The molecule has 2 N–H and O–H groups in total. The first kappa shape index (κ1) is 8.90. The zero-order valence-corrected chi connectivity index (χ0v) is 7.36. The molecule has 0 saturated carbocycles. The molecule has 1 unspecified atom stereocenters. The van der Waals surface area contributed by atoms with Crippen LogP contribution in [0.25, 0.3) is 0 Å². The molecular weight excluding hydrogens is 182 g/mol. The van der Waals surface area contributed by atoms with Gasteiger partial charge < -0.3 is 10.4 Å². The van der Waals surface area contributed by atoms with Crippen molar-refractivity contribution in [3.63, 3.8) is 0 Å². The van der Waals surface area contributed by atoms with E-state index in [0.29, 0.717) is 11.3 Å². The van der Waals surface area contributed by atoms with Crippen LogP contribution in [0.15, 0.2) is 24.3 Å². The van der Waals surface area contributed by atoms with E-state index in [0.717, 1.165) is 0 Å². The number of carbonyl (C=O) groups excluding carboxylic acids is 2. The Bertz CT molecular complexity index is 400. The number of Topliss-reactive ketones (excluding diaryl/α,β-unsaturated/α-hetero) is 1. The molecule has 0 aromatic heterocycles. The van der Waals surface area contributed by atoms with E-state index in [9.17, 15) is 14.7 Å². The molecule has 0 spiro atoms. The highest BCUT2D eigenvalue weighted by atomic mass is 16.3. The number of fused-ring (bicyclic) bond motifs is 1. The summed E-state index contributed by atoms with van der Waals surface area (Å²) in [7, 11) is 0. The smallest absolute Gasteiger partial charge is 0.253 e. The Hall–Kier alpha value is -1.68. The van der Waals surface area contributed by atoms with Gasteiger partial charge in [-0.25, -0.2) is 0 Å². The molecule has 0 saturated heterocycles. The van der Waals surface area contributed by atoms with Gasteiger partial charge in [0.2, 0.25) is 0 Å². The van der Waals surface area contributed by atoms with E-state index in [1.165, 1.54) is 0 Å². The molecule has 0 aliphatic carbocycles. The van der Waals surface area contributed by atoms with Crippen molar-refractivity contribution in [2.75, 3.05) is 5.32 Å². The first-order valence-corrected chi connectivity index (χ1v) is 4.29. The second-order valence-electron chi connectivity index (χ2n) is 3.18. The summed E-state index contributed by atoms with van der Waals surface area (Å²) in [5.74, 6) is -0.741. The Morgan fingerprint density at radius 1 is 1.29 bits per heavy atom. The summed E-state index contributed by atoms with van der Waals surface area (Å²) in [6.45, 7) is 0. The molecule has 1 amide bonds. The van der Waals surface area contributed by atoms with E-state index in [4.69, 9.17) is 0 Å². The van der Waals surface area contributed by atoms with Crippen LogP contribution in [0.1, 0.15) is 16.8 Å². The minimum absolute atomic E-state index is 0.150. The predicted molar refractivity (Wildman–Crippen MR) is 50.0 cm³/mol. The van der Waals surface area contributed by atoms with Gasteiger partial charge in [-0.2, -0.15) is 0 Å². The second kappa shape index (κ2) is 3.23. The quantitative estimate of drug-likeness (QED) is 0.630. The minimum atomic E-state index is -1.24. The minimum Gasteiger partial charge on any atom is -0.383 e. The van der Waals surface area contributed by atoms with Crippen LogP contribution < -0.4 is 5.32 Å². The van der Waals surface area contributed by atoms with E-state index >= 15 is 0 Å². The molecule has 1 aliphatic heterocycles. The second-order valence-corrected chi connectivity index (χ2v) is 3.18. The summed E-state index contributed by atoms with van der Waals surface area (Å²) in [5.41, 5.74) is 0.927. The first-order chi connectivity index (χ1) is 6.68. The molecule has 72 valence electrons. The summed E-state index contributed by atoms with van der Waals surface area (Å²) >= 11 is 0. The van der Waals surface area contributed by atoms with Crippen LogP contribution in [-0.4, -0.2) is 22.9 Å². The van der Waals surface area contributed by atoms with E-state index in [2.05, 4.69) is 5.32 Å². The van der Waals surface area contributed by atoms with E-state index in [-0.39, 0.29) is 12.2 Å². The predicted octanol–water partition coefficient (Wildman–Crippen LogP) is 0.572. The average molecular weight is 191 g/mol. The Morgan fingerprint density at radius 2 is 2.00 bits per heavy atom. The van der Waals surface area contributed by atoms with Gasteiger partial charge in [-0.05, 0) is 12.1 Å². The van der Waals surface area contributed by atoms with Crippen molar-refractivity contribution in [3.05, 3.63) is 29.8 Å². The van der Waals surface area contributed by atoms with Crippen LogP contribution in [0.4, 0.5) is 5.69 Å². The van der Waals surface area contributed by atoms with Crippen LogP contribution in [0, 0.1) is 0 Å². The third-order valence-corrected chi connectivity index (χ3v) is 2.17. The molecular formula is C10H9NO3. The van der Waals surface area contributed by atoms with Gasteiger partial charge in [-0.15, -0.1) is 0 Å². The van der Waals surface area contributed by atoms with Gasteiger partial charge in [0, 0.05) is 12.0 Å². The molecule has 0 bridgehead atoms. The van der Waals surface area contributed by atoms with Crippen LogP contribution in [0.3, 0.4) is 0 Å². The first-order valence-electron chi connectivity index (χ1n) is 4.29. The number of hydrogen-bond donors (Lipinski definition) is 2. The maximum absolute atomic E-state index is 11.5. The number of para-hydroxylation sites is 1. The normalized spacial score (nSPS) is 21.1. The molecule has 1 atom stereocenters. The number of aliphatic hydroxyl groups is 1. The van der Waals surface area contributed by atoms with Gasteiger partial charge >= 0.3 is 0 Å². The average Bonchev–Trinajstić information content (AvgIpc) is 2.27. The lowest BCUT2D eigenvalue weighted by Gasteiger charge is -2.04.